The van der Waals surface area contributed by atoms with Crippen LogP contribution in [0.2, 0.25) is 0 Å². The maximum absolute atomic E-state index is 12.3. The van der Waals surface area contributed by atoms with Crippen molar-refractivity contribution >= 4 is 17.7 Å². The van der Waals surface area contributed by atoms with Gasteiger partial charge in [0.05, 0.1) is 12.1 Å². The molecule has 0 saturated carbocycles. The minimum Gasteiger partial charge on any atom is -0.481 e. The summed E-state index contributed by atoms with van der Waals surface area (Å²) < 4.78 is 0. The Morgan fingerprint density at radius 2 is 1.81 bits per heavy atom. The molecule has 2 atom stereocenters. The zero-order valence-corrected chi connectivity index (χ0v) is 12.3. The molecule has 0 radical (unpaired) electrons. The summed E-state index contributed by atoms with van der Waals surface area (Å²) in [6, 6.07) is 0. The van der Waals surface area contributed by atoms with Crippen LogP contribution in [0, 0.1) is 11.8 Å². The summed E-state index contributed by atoms with van der Waals surface area (Å²) in [5.74, 6) is -1.41. The minimum absolute atomic E-state index is 0.0938. The van der Waals surface area contributed by atoms with E-state index in [0.717, 1.165) is 5.82 Å². The largest absolute Gasteiger partial charge is 0.481 e. The number of anilines is 1. The molecule has 7 nitrogen and oxygen atoms in total. The molecule has 1 saturated heterocycles. The van der Waals surface area contributed by atoms with Crippen LogP contribution in [-0.4, -0.2) is 58.0 Å². The van der Waals surface area contributed by atoms with E-state index in [1.54, 1.807) is 37.3 Å². The molecule has 1 fully saturated rings. The molecule has 0 bridgehead atoms. The summed E-state index contributed by atoms with van der Waals surface area (Å²) in [5.41, 5.74) is 0. The number of amides is 1. The lowest BCUT2D eigenvalue weighted by molar-refractivity contribution is -0.149. The lowest BCUT2D eigenvalue weighted by atomic mass is 9.94. The third kappa shape index (κ3) is 3.48. The first-order chi connectivity index (χ1) is 10.0. The van der Waals surface area contributed by atoms with Gasteiger partial charge in [0.1, 0.15) is 5.82 Å². The Morgan fingerprint density at radius 1 is 1.14 bits per heavy atom. The Kier molecular flexibility index (Phi) is 4.72. The highest BCUT2D eigenvalue weighted by molar-refractivity contribution is 5.84. The molecule has 7 heteroatoms. The first-order valence-electron chi connectivity index (χ1n) is 7.03. The summed E-state index contributed by atoms with van der Waals surface area (Å²) in [7, 11) is 0. The summed E-state index contributed by atoms with van der Waals surface area (Å²) in [6.07, 6.45) is 4.97. The number of carboxylic acid groups (broad SMARTS) is 1. The van der Waals surface area contributed by atoms with Crippen molar-refractivity contribution in [2.75, 3.05) is 31.1 Å². The highest BCUT2D eigenvalue weighted by atomic mass is 16.4. The fourth-order valence-electron chi connectivity index (χ4n) is 2.33. The number of nitrogens with zero attached hydrogens (tertiary/aromatic N) is 4. The van der Waals surface area contributed by atoms with Gasteiger partial charge in [-0.2, -0.15) is 0 Å². The van der Waals surface area contributed by atoms with Crippen LogP contribution >= 0.6 is 0 Å². The maximum Gasteiger partial charge on any atom is 0.307 e. The van der Waals surface area contributed by atoms with Gasteiger partial charge in [-0.1, -0.05) is 13.8 Å². The van der Waals surface area contributed by atoms with Gasteiger partial charge in [0.2, 0.25) is 5.91 Å². The van der Waals surface area contributed by atoms with E-state index >= 15 is 0 Å². The fraction of sp³-hybridized carbons (Fsp3) is 0.571. The number of piperazine rings is 1. The third-order valence-electron chi connectivity index (χ3n) is 3.99. The molecule has 1 aromatic rings. The summed E-state index contributed by atoms with van der Waals surface area (Å²) in [6.45, 7) is 5.76. The monoisotopic (exact) mass is 292 g/mol. The van der Waals surface area contributed by atoms with Crippen molar-refractivity contribution in [3.05, 3.63) is 18.6 Å². The Balaban J connectivity index is 1.92. The van der Waals surface area contributed by atoms with Crippen molar-refractivity contribution in [3.63, 3.8) is 0 Å². The van der Waals surface area contributed by atoms with Crippen molar-refractivity contribution in [3.8, 4) is 0 Å². The number of hydrogen-bond acceptors (Lipinski definition) is 5. The van der Waals surface area contributed by atoms with Crippen molar-refractivity contribution in [2.45, 2.75) is 13.8 Å². The van der Waals surface area contributed by atoms with Crippen LogP contribution in [0.15, 0.2) is 18.6 Å². The molecule has 2 rings (SSSR count). The predicted molar refractivity (Wildman–Crippen MR) is 76.8 cm³/mol. The molecule has 0 aromatic carbocycles. The van der Waals surface area contributed by atoms with Gasteiger partial charge in [-0.15, -0.1) is 0 Å². The molecule has 1 amide bonds. The first-order valence-corrected chi connectivity index (χ1v) is 7.03. The summed E-state index contributed by atoms with van der Waals surface area (Å²) in [5, 5.41) is 9.00. The van der Waals surface area contributed by atoms with E-state index < -0.39 is 17.8 Å². The molecule has 0 spiro atoms. The lowest BCUT2D eigenvalue weighted by Gasteiger charge is -2.36. The summed E-state index contributed by atoms with van der Waals surface area (Å²) >= 11 is 0. The van der Waals surface area contributed by atoms with Crippen LogP contribution in [0.1, 0.15) is 13.8 Å². The Bertz CT molecular complexity index is 500. The van der Waals surface area contributed by atoms with Crippen LogP contribution < -0.4 is 4.90 Å². The minimum atomic E-state index is -0.936. The van der Waals surface area contributed by atoms with Gasteiger partial charge in [0, 0.05) is 44.5 Å². The van der Waals surface area contributed by atoms with Gasteiger partial charge in [0.15, 0.2) is 0 Å². The van der Waals surface area contributed by atoms with Crippen molar-refractivity contribution < 1.29 is 14.7 Å². The molecular weight excluding hydrogens is 272 g/mol. The second-order valence-corrected chi connectivity index (χ2v) is 5.29. The molecular formula is C14H20N4O3. The molecule has 0 aliphatic carbocycles. The molecule has 1 aliphatic heterocycles. The molecule has 2 heterocycles. The van der Waals surface area contributed by atoms with Gasteiger partial charge in [-0.05, 0) is 0 Å². The Hall–Kier alpha value is -2.18. The quantitative estimate of drug-likeness (QED) is 0.868. The Morgan fingerprint density at radius 3 is 2.33 bits per heavy atom. The molecule has 1 N–H and O–H groups in total. The molecule has 114 valence electrons. The molecule has 1 aliphatic rings. The van der Waals surface area contributed by atoms with Crippen molar-refractivity contribution in [1.29, 1.82) is 0 Å². The SMILES string of the molecule is CC(C(=O)O)C(C)C(=O)N1CCN(c2cnccn2)CC1. The van der Waals surface area contributed by atoms with Crippen LogP contribution in [0.3, 0.4) is 0 Å². The highest BCUT2D eigenvalue weighted by Gasteiger charge is 2.31. The number of carboxylic acids is 1. The molecule has 2 unspecified atom stereocenters. The van der Waals surface area contributed by atoms with Gasteiger partial charge in [-0.3, -0.25) is 14.6 Å². The predicted octanol–water partition coefficient (Wildman–Crippen LogP) is 0.482. The molecule has 1 aromatic heterocycles. The third-order valence-corrected chi connectivity index (χ3v) is 3.99. The smallest absolute Gasteiger partial charge is 0.307 e. The van der Waals surface area contributed by atoms with Crippen LogP contribution in [0.5, 0.6) is 0 Å². The number of rotatable bonds is 4. The van der Waals surface area contributed by atoms with Crippen molar-refractivity contribution in [2.24, 2.45) is 11.8 Å². The van der Waals surface area contributed by atoms with Gasteiger partial charge in [-0.25, -0.2) is 4.98 Å². The van der Waals surface area contributed by atoms with E-state index in [1.165, 1.54) is 0 Å². The maximum atomic E-state index is 12.3. The highest BCUT2D eigenvalue weighted by Crippen LogP contribution is 2.17. The number of aromatic nitrogens is 2. The number of carbonyl (C=O) groups excluding carboxylic acids is 1. The second-order valence-electron chi connectivity index (χ2n) is 5.29. The van der Waals surface area contributed by atoms with Gasteiger partial charge < -0.3 is 14.9 Å². The van der Waals surface area contributed by atoms with Crippen molar-refractivity contribution in [1.82, 2.24) is 14.9 Å². The second kappa shape index (κ2) is 6.51. The average molecular weight is 292 g/mol. The average Bonchev–Trinajstić information content (AvgIpc) is 2.53. The lowest BCUT2D eigenvalue weighted by Crippen LogP contribution is -2.51. The Labute approximate surface area is 123 Å². The van der Waals surface area contributed by atoms with Gasteiger partial charge in [0.25, 0.3) is 0 Å². The number of carbonyl (C=O) groups is 2. The topological polar surface area (TPSA) is 86.6 Å². The van der Waals surface area contributed by atoms with Crippen LogP contribution in [-0.2, 0) is 9.59 Å². The van der Waals surface area contributed by atoms with Crippen LogP contribution in [0.4, 0.5) is 5.82 Å². The van der Waals surface area contributed by atoms with E-state index in [2.05, 4.69) is 14.9 Å². The van der Waals surface area contributed by atoms with E-state index in [0.29, 0.717) is 26.2 Å². The van der Waals surface area contributed by atoms with E-state index in [1.807, 2.05) is 0 Å². The molecule has 21 heavy (non-hydrogen) atoms. The number of aliphatic carboxylic acids is 1. The zero-order valence-electron chi connectivity index (χ0n) is 12.3. The van der Waals surface area contributed by atoms with E-state index in [4.69, 9.17) is 5.11 Å². The van der Waals surface area contributed by atoms with Crippen LogP contribution in [0.25, 0.3) is 0 Å². The summed E-state index contributed by atoms with van der Waals surface area (Å²) in [4.78, 5) is 35.4. The first kappa shape index (κ1) is 15.2. The number of hydrogen-bond donors (Lipinski definition) is 1. The van der Waals surface area contributed by atoms with E-state index in [9.17, 15) is 9.59 Å². The zero-order chi connectivity index (χ0) is 15.4. The normalized spacial score (nSPS) is 18.2. The van der Waals surface area contributed by atoms with Gasteiger partial charge >= 0.3 is 5.97 Å². The van der Waals surface area contributed by atoms with E-state index in [-0.39, 0.29) is 5.91 Å². The fourth-order valence-corrected chi connectivity index (χ4v) is 2.33. The standard InChI is InChI=1S/C14H20N4O3/c1-10(11(2)14(20)21)13(19)18-7-5-17(6-8-18)12-9-15-3-4-16-12/h3-4,9-11H,5-8H2,1-2H3,(H,20,21).